The monoisotopic (exact) mass is 200 g/mol. The minimum Gasteiger partial charge on any atom is -0.475 e. The Hall–Kier alpha value is -0.820. The van der Waals surface area contributed by atoms with E-state index in [-0.39, 0.29) is 0 Å². The predicted octanol–water partition coefficient (Wildman–Crippen LogP) is -0.0597. The molecular formula is C6H11F3N2O2. The van der Waals surface area contributed by atoms with Crippen LogP contribution in [0.25, 0.3) is 0 Å². The Morgan fingerprint density at radius 2 is 2.00 bits per heavy atom. The molecule has 1 fully saturated rings. The quantitative estimate of drug-likeness (QED) is 0.512. The number of halogens is 3. The standard InChI is InChI=1S/C4H10N2.C2HF3O2/c5-4-1-2-6-3-4;3-2(4,5)1(6)7/h4,6H,1-3,5H2;(H,6,7). The lowest BCUT2D eigenvalue weighted by molar-refractivity contribution is -0.192. The van der Waals surface area contributed by atoms with Crippen molar-refractivity contribution < 1.29 is 23.1 Å². The van der Waals surface area contributed by atoms with Gasteiger partial charge in [0, 0.05) is 12.6 Å². The summed E-state index contributed by atoms with van der Waals surface area (Å²) in [6.45, 7) is 2.13. The van der Waals surface area contributed by atoms with E-state index in [0.29, 0.717) is 6.04 Å². The molecular weight excluding hydrogens is 189 g/mol. The minimum atomic E-state index is -5.08. The first-order valence-electron chi connectivity index (χ1n) is 3.60. The Morgan fingerprint density at radius 3 is 2.08 bits per heavy atom. The fourth-order valence-corrected chi connectivity index (χ4v) is 0.677. The van der Waals surface area contributed by atoms with Gasteiger partial charge in [-0.3, -0.25) is 0 Å². The molecule has 4 N–H and O–H groups in total. The lowest BCUT2D eigenvalue weighted by atomic mass is 10.3. The van der Waals surface area contributed by atoms with Gasteiger partial charge in [-0.2, -0.15) is 13.2 Å². The molecule has 0 amide bonds. The summed E-state index contributed by atoms with van der Waals surface area (Å²) >= 11 is 0. The third-order valence-corrected chi connectivity index (χ3v) is 1.34. The summed E-state index contributed by atoms with van der Waals surface area (Å²) < 4.78 is 31.7. The van der Waals surface area contributed by atoms with Crippen LogP contribution >= 0.6 is 0 Å². The zero-order chi connectivity index (χ0) is 10.5. The van der Waals surface area contributed by atoms with Crippen LogP contribution in [0.15, 0.2) is 0 Å². The molecule has 13 heavy (non-hydrogen) atoms. The van der Waals surface area contributed by atoms with Crippen LogP contribution < -0.4 is 11.1 Å². The molecule has 1 heterocycles. The fraction of sp³-hybridized carbons (Fsp3) is 0.833. The SMILES string of the molecule is NC1CCNC1.O=C(O)C(F)(F)F. The van der Waals surface area contributed by atoms with Crippen LogP contribution in [0.1, 0.15) is 6.42 Å². The van der Waals surface area contributed by atoms with Crippen LogP contribution in [0.5, 0.6) is 0 Å². The van der Waals surface area contributed by atoms with Gasteiger partial charge in [0.05, 0.1) is 0 Å². The van der Waals surface area contributed by atoms with Crippen molar-refractivity contribution >= 4 is 5.97 Å². The molecule has 1 saturated heterocycles. The van der Waals surface area contributed by atoms with Crippen LogP contribution in [-0.2, 0) is 4.79 Å². The number of nitrogens with two attached hydrogens (primary N) is 1. The summed E-state index contributed by atoms with van der Waals surface area (Å²) in [5.41, 5.74) is 5.47. The van der Waals surface area contributed by atoms with Gasteiger partial charge in [-0.25, -0.2) is 4.79 Å². The number of rotatable bonds is 0. The molecule has 0 aromatic heterocycles. The summed E-state index contributed by atoms with van der Waals surface area (Å²) in [7, 11) is 0. The molecule has 78 valence electrons. The fourth-order valence-electron chi connectivity index (χ4n) is 0.677. The molecule has 0 aromatic carbocycles. The molecule has 0 aromatic rings. The van der Waals surface area contributed by atoms with Crippen molar-refractivity contribution in [3.63, 3.8) is 0 Å². The number of hydrogen-bond acceptors (Lipinski definition) is 3. The highest BCUT2D eigenvalue weighted by molar-refractivity contribution is 5.73. The average Bonchev–Trinajstić information content (AvgIpc) is 2.38. The van der Waals surface area contributed by atoms with Gasteiger partial charge >= 0.3 is 12.1 Å². The number of nitrogens with one attached hydrogen (secondary N) is 1. The van der Waals surface area contributed by atoms with Crippen molar-refractivity contribution in [2.75, 3.05) is 13.1 Å². The number of carboxylic acids is 1. The van der Waals surface area contributed by atoms with E-state index in [9.17, 15) is 13.2 Å². The summed E-state index contributed by atoms with van der Waals surface area (Å²) in [6, 6.07) is 0.435. The minimum absolute atomic E-state index is 0.435. The van der Waals surface area contributed by atoms with Crippen molar-refractivity contribution in [2.45, 2.75) is 18.6 Å². The van der Waals surface area contributed by atoms with Crippen molar-refractivity contribution in [1.29, 1.82) is 0 Å². The second-order valence-corrected chi connectivity index (χ2v) is 2.56. The maximum Gasteiger partial charge on any atom is 0.490 e. The Labute approximate surface area is 72.9 Å². The first kappa shape index (κ1) is 12.2. The summed E-state index contributed by atoms with van der Waals surface area (Å²) in [6.07, 6.45) is -3.93. The van der Waals surface area contributed by atoms with Crippen molar-refractivity contribution in [2.24, 2.45) is 5.73 Å². The van der Waals surface area contributed by atoms with Crippen molar-refractivity contribution in [3.05, 3.63) is 0 Å². The first-order valence-corrected chi connectivity index (χ1v) is 3.60. The third-order valence-electron chi connectivity index (χ3n) is 1.34. The van der Waals surface area contributed by atoms with Gasteiger partial charge in [0.2, 0.25) is 0 Å². The van der Waals surface area contributed by atoms with E-state index < -0.39 is 12.1 Å². The molecule has 0 aliphatic carbocycles. The van der Waals surface area contributed by atoms with Crippen molar-refractivity contribution in [1.82, 2.24) is 5.32 Å². The largest absolute Gasteiger partial charge is 0.490 e. The second-order valence-electron chi connectivity index (χ2n) is 2.56. The Balaban J connectivity index is 0.000000223. The Morgan fingerprint density at radius 1 is 1.54 bits per heavy atom. The highest BCUT2D eigenvalue weighted by Gasteiger charge is 2.38. The van der Waals surface area contributed by atoms with Crippen LogP contribution in [0.4, 0.5) is 13.2 Å². The highest BCUT2D eigenvalue weighted by Crippen LogP contribution is 2.13. The molecule has 0 radical (unpaired) electrons. The van der Waals surface area contributed by atoms with Crippen LogP contribution in [0, 0.1) is 0 Å². The lowest BCUT2D eigenvalue weighted by Crippen LogP contribution is -2.21. The number of hydrogen-bond donors (Lipinski definition) is 3. The normalized spacial score (nSPS) is 22.0. The lowest BCUT2D eigenvalue weighted by Gasteiger charge is -1.93. The zero-order valence-electron chi connectivity index (χ0n) is 6.77. The van der Waals surface area contributed by atoms with Gasteiger partial charge in [-0.15, -0.1) is 0 Å². The van der Waals surface area contributed by atoms with E-state index >= 15 is 0 Å². The number of aliphatic carboxylic acids is 1. The molecule has 0 spiro atoms. The summed E-state index contributed by atoms with van der Waals surface area (Å²) in [4.78, 5) is 8.90. The van der Waals surface area contributed by atoms with E-state index in [4.69, 9.17) is 15.6 Å². The van der Waals surface area contributed by atoms with Crippen molar-refractivity contribution in [3.8, 4) is 0 Å². The zero-order valence-corrected chi connectivity index (χ0v) is 6.77. The molecule has 1 aliphatic rings. The van der Waals surface area contributed by atoms with Crippen LogP contribution in [0.3, 0.4) is 0 Å². The van der Waals surface area contributed by atoms with Gasteiger partial charge in [0.15, 0.2) is 0 Å². The Kier molecular flexibility index (Phi) is 4.71. The number of carboxylic acid groups (broad SMARTS) is 1. The van der Waals surface area contributed by atoms with Crippen LogP contribution in [0.2, 0.25) is 0 Å². The van der Waals surface area contributed by atoms with E-state index in [1.807, 2.05) is 0 Å². The van der Waals surface area contributed by atoms with E-state index in [2.05, 4.69) is 5.32 Å². The predicted molar refractivity (Wildman–Crippen MR) is 39.2 cm³/mol. The molecule has 0 bridgehead atoms. The number of alkyl halides is 3. The summed E-state index contributed by atoms with van der Waals surface area (Å²) in [5, 5.41) is 10.3. The third kappa shape index (κ3) is 6.35. The van der Waals surface area contributed by atoms with Gasteiger partial charge < -0.3 is 16.2 Å². The summed E-state index contributed by atoms with van der Waals surface area (Å²) in [5.74, 6) is -2.76. The van der Waals surface area contributed by atoms with Gasteiger partial charge in [-0.1, -0.05) is 0 Å². The molecule has 7 heteroatoms. The molecule has 1 atom stereocenters. The highest BCUT2D eigenvalue weighted by atomic mass is 19.4. The van der Waals surface area contributed by atoms with Crippen LogP contribution in [-0.4, -0.2) is 36.4 Å². The first-order chi connectivity index (χ1) is 5.84. The molecule has 4 nitrogen and oxygen atoms in total. The average molecular weight is 200 g/mol. The smallest absolute Gasteiger partial charge is 0.475 e. The van der Waals surface area contributed by atoms with Gasteiger partial charge in [0.25, 0.3) is 0 Å². The molecule has 0 saturated carbocycles. The Bertz CT molecular complexity index is 166. The maximum atomic E-state index is 10.6. The van der Waals surface area contributed by atoms with Gasteiger partial charge in [0.1, 0.15) is 0 Å². The molecule has 1 aliphatic heterocycles. The van der Waals surface area contributed by atoms with E-state index in [1.54, 1.807) is 0 Å². The molecule has 1 unspecified atom stereocenters. The second kappa shape index (κ2) is 5.03. The topological polar surface area (TPSA) is 75.3 Å². The maximum absolute atomic E-state index is 10.6. The van der Waals surface area contributed by atoms with E-state index in [1.165, 1.54) is 0 Å². The van der Waals surface area contributed by atoms with Gasteiger partial charge in [-0.05, 0) is 13.0 Å². The number of carbonyl (C=O) groups is 1. The molecule has 1 rings (SSSR count). The van der Waals surface area contributed by atoms with E-state index in [0.717, 1.165) is 19.5 Å².